The Kier molecular flexibility index (Phi) is 7.17. The van der Waals surface area contributed by atoms with Crippen LogP contribution in [0.25, 0.3) is 0 Å². The van der Waals surface area contributed by atoms with E-state index in [1.165, 1.54) is 57.8 Å². The fourth-order valence-corrected chi connectivity index (χ4v) is 5.64. The van der Waals surface area contributed by atoms with Gasteiger partial charge in [-0.15, -0.1) is 0 Å². The van der Waals surface area contributed by atoms with E-state index in [4.69, 9.17) is 16.6 Å². The Morgan fingerprint density at radius 1 is 1.03 bits per heavy atom. The lowest BCUT2D eigenvalue weighted by molar-refractivity contribution is -0.121. The maximum Gasteiger partial charge on any atom is 0.209 e. The van der Waals surface area contributed by atoms with E-state index < -0.39 is 0 Å². The second-order valence-corrected chi connectivity index (χ2v) is 9.48. The predicted molar refractivity (Wildman–Crippen MR) is 120 cm³/mol. The largest absolute Gasteiger partial charge is 0.370 e. The molecule has 3 heterocycles. The maximum absolute atomic E-state index is 11.6. The molecule has 0 radical (unpaired) electrons. The highest BCUT2D eigenvalue weighted by Gasteiger charge is 2.25. The molecule has 1 aromatic rings. The van der Waals surface area contributed by atoms with E-state index in [-0.39, 0.29) is 0 Å². The molecule has 0 spiro atoms. The molecule has 160 valence electrons. The maximum atomic E-state index is 11.6. The van der Waals surface area contributed by atoms with Gasteiger partial charge in [-0.2, -0.15) is 0 Å². The smallest absolute Gasteiger partial charge is 0.209 e. The van der Waals surface area contributed by atoms with Gasteiger partial charge in [0.05, 0.1) is 16.9 Å². The molecule has 2 saturated heterocycles. The van der Waals surface area contributed by atoms with E-state index in [1.54, 1.807) is 0 Å². The third-order valence-electron chi connectivity index (χ3n) is 7.07. The first-order valence-corrected chi connectivity index (χ1v) is 12.0. The fourth-order valence-electron chi connectivity index (χ4n) is 5.36. The van der Waals surface area contributed by atoms with Crippen LogP contribution < -0.4 is 9.80 Å². The number of anilines is 2. The Hall–Kier alpha value is -1.49. The minimum atomic E-state index is 0.468. The number of aromatic nitrogens is 1. The summed E-state index contributed by atoms with van der Waals surface area (Å²) in [5, 5.41) is 0.770. The van der Waals surface area contributed by atoms with Crippen LogP contribution in [0.4, 0.5) is 11.5 Å². The van der Waals surface area contributed by atoms with Crippen molar-refractivity contribution in [2.75, 3.05) is 42.5 Å². The van der Waals surface area contributed by atoms with Crippen LogP contribution >= 0.6 is 11.6 Å². The van der Waals surface area contributed by atoms with Gasteiger partial charge in [-0.3, -0.25) is 4.79 Å². The van der Waals surface area contributed by atoms with Crippen LogP contribution in [-0.4, -0.2) is 55.1 Å². The van der Waals surface area contributed by atoms with Crippen LogP contribution in [0.3, 0.4) is 0 Å². The molecule has 0 bridgehead atoms. The topological polar surface area (TPSA) is 39.7 Å². The van der Waals surface area contributed by atoms with E-state index in [1.807, 2.05) is 6.20 Å². The number of hydrogen-bond acceptors (Lipinski definition) is 4. The molecule has 29 heavy (non-hydrogen) atoms. The molecule has 3 aliphatic rings. The van der Waals surface area contributed by atoms with Crippen LogP contribution in [0.2, 0.25) is 5.02 Å². The second kappa shape index (κ2) is 10.0. The van der Waals surface area contributed by atoms with Crippen LogP contribution in [-0.2, 0) is 4.79 Å². The van der Waals surface area contributed by atoms with Gasteiger partial charge in [-0.05, 0) is 56.9 Å². The lowest BCUT2D eigenvalue weighted by atomic mass is 9.92. The van der Waals surface area contributed by atoms with E-state index in [0.717, 1.165) is 62.1 Å². The molecule has 6 heteroatoms. The number of piperidine rings is 1. The van der Waals surface area contributed by atoms with Crippen molar-refractivity contribution in [1.29, 1.82) is 0 Å². The van der Waals surface area contributed by atoms with Crippen molar-refractivity contribution in [3.63, 3.8) is 0 Å². The van der Waals surface area contributed by atoms with Gasteiger partial charge in [0, 0.05) is 38.8 Å². The first kappa shape index (κ1) is 20.8. The summed E-state index contributed by atoms with van der Waals surface area (Å²) >= 11 is 6.65. The Balaban J connectivity index is 1.33. The lowest BCUT2D eigenvalue weighted by Crippen LogP contribution is -2.40. The number of amides is 1. The van der Waals surface area contributed by atoms with Crippen molar-refractivity contribution in [3.8, 4) is 0 Å². The average Bonchev–Trinajstić information content (AvgIpc) is 3.30. The highest BCUT2D eigenvalue weighted by Crippen LogP contribution is 2.32. The van der Waals surface area contributed by atoms with E-state index in [9.17, 15) is 4.79 Å². The predicted octanol–water partition coefficient (Wildman–Crippen LogP) is 4.73. The number of hydrogen-bond donors (Lipinski definition) is 0. The van der Waals surface area contributed by atoms with Gasteiger partial charge in [0.25, 0.3) is 0 Å². The zero-order valence-corrected chi connectivity index (χ0v) is 18.3. The third-order valence-corrected chi connectivity index (χ3v) is 7.35. The summed E-state index contributed by atoms with van der Waals surface area (Å²) in [5.74, 6) is 1.53. The minimum Gasteiger partial charge on any atom is -0.370 e. The highest BCUT2D eigenvalue weighted by atomic mass is 35.5. The summed E-state index contributed by atoms with van der Waals surface area (Å²) in [6.45, 7) is 5.12. The zero-order chi connectivity index (χ0) is 20.1. The van der Waals surface area contributed by atoms with Crippen LogP contribution in [0.15, 0.2) is 12.3 Å². The summed E-state index contributed by atoms with van der Waals surface area (Å²) in [5.41, 5.74) is 1.15. The Morgan fingerprint density at radius 2 is 1.79 bits per heavy atom. The molecule has 1 saturated carbocycles. The van der Waals surface area contributed by atoms with Crippen LogP contribution in [0.1, 0.15) is 64.2 Å². The fraction of sp³-hybridized carbons (Fsp3) is 0.739. The average molecular weight is 419 g/mol. The van der Waals surface area contributed by atoms with E-state index in [2.05, 4.69) is 20.8 Å². The van der Waals surface area contributed by atoms with Crippen molar-refractivity contribution < 1.29 is 4.79 Å². The Bertz CT molecular complexity index is 673. The molecule has 1 atom stereocenters. The molecule has 1 aromatic heterocycles. The summed E-state index contributed by atoms with van der Waals surface area (Å²) in [6, 6.07) is 2.56. The molecule has 5 nitrogen and oxygen atoms in total. The summed E-state index contributed by atoms with van der Waals surface area (Å²) < 4.78 is 0. The molecule has 1 aliphatic carbocycles. The molecule has 1 amide bonds. The summed E-state index contributed by atoms with van der Waals surface area (Å²) in [7, 11) is 0. The molecular weight excluding hydrogens is 384 g/mol. The molecule has 2 aliphatic heterocycles. The quantitative estimate of drug-likeness (QED) is 0.600. The molecule has 3 fully saturated rings. The molecule has 0 aromatic carbocycles. The van der Waals surface area contributed by atoms with E-state index in [0.29, 0.717) is 12.0 Å². The number of pyridine rings is 1. The van der Waals surface area contributed by atoms with Crippen molar-refractivity contribution in [2.45, 2.75) is 70.3 Å². The summed E-state index contributed by atoms with van der Waals surface area (Å²) in [6.07, 6.45) is 15.3. The van der Waals surface area contributed by atoms with Crippen LogP contribution in [0, 0.1) is 5.92 Å². The van der Waals surface area contributed by atoms with Crippen molar-refractivity contribution in [2.24, 2.45) is 5.92 Å². The highest BCUT2D eigenvalue weighted by molar-refractivity contribution is 6.33. The summed E-state index contributed by atoms with van der Waals surface area (Å²) in [4.78, 5) is 23.2. The first-order chi connectivity index (χ1) is 14.2. The number of carbonyl (C=O) groups excluding carboxylic acids is 1. The monoisotopic (exact) mass is 418 g/mol. The SMILES string of the molecule is O=CN(CCC1CCCN(c2ncc(N3CCCC3)cc2Cl)C1)C1CCCCC1. The number of carbonyl (C=O) groups is 1. The number of nitrogens with zero attached hydrogens (tertiary/aromatic N) is 4. The van der Waals surface area contributed by atoms with Gasteiger partial charge in [0.1, 0.15) is 5.82 Å². The third kappa shape index (κ3) is 5.17. The molecule has 1 unspecified atom stereocenters. The van der Waals surface area contributed by atoms with Crippen LogP contribution in [0.5, 0.6) is 0 Å². The second-order valence-electron chi connectivity index (χ2n) is 9.07. The Labute approximate surface area is 180 Å². The molecule has 4 rings (SSSR count). The van der Waals surface area contributed by atoms with Gasteiger partial charge in [0.2, 0.25) is 6.41 Å². The van der Waals surface area contributed by atoms with Gasteiger partial charge in [-0.1, -0.05) is 30.9 Å². The zero-order valence-electron chi connectivity index (χ0n) is 17.6. The van der Waals surface area contributed by atoms with Gasteiger partial charge < -0.3 is 14.7 Å². The van der Waals surface area contributed by atoms with Crippen molar-refractivity contribution in [1.82, 2.24) is 9.88 Å². The standard InChI is InChI=1S/C23H35ClN4O/c24-22-15-21(26-11-4-5-12-26)16-25-23(22)27-13-6-7-19(17-27)10-14-28(18-29)20-8-2-1-3-9-20/h15-16,18-20H,1-14,17H2. The molecular formula is C23H35ClN4O. The van der Waals surface area contributed by atoms with Gasteiger partial charge in [0.15, 0.2) is 0 Å². The van der Waals surface area contributed by atoms with Crippen molar-refractivity contribution in [3.05, 3.63) is 17.3 Å². The van der Waals surface area contributed by atoms with E-state index >= 15 is 0 Å². The minimum absolute atomic E-state index is 0.468. The number of rotatable bonds is 7. The first-order valence-electron chi connectivity index (χ1n) is 11.6. The Morgan fingerprint density at radius 3 is 2.52 bits per heavy atom. The number of halogens is 1. The van der Waals surface area contributed by atoms with Gasteiger partial charge in [-0.25, -0.2) is 4.98 Å². The molecule has 0 N–H and O–H groups in total. The normalized spacial score (nSPS) is 23.4. The van der Waals surface area contributed by atoms with Crippen molar-refractivity contribution >= 4 is 29.5 Å². The van der Waals surface area contributed by atoms with Gasteiger partial charge >= 0.3 is 0 Å². The lowest BCUT2D eigenvalue weighted by Gasteiger charge is -2.36.